The Hall–Kier alpha value is -1.02. The largest absolute Gasteiger partial charge is 0.488 e. The standard InChI is InChI=1S/C13H20O2/c1-10-5-6-12(15-13(2,3)4)9-11(10)7-8-14/h5-6,9,14H,7-8H2,1-4H3. The lowest BCUT2D eigenvalue weighted by Gasteiger charge is -2.22. The maximum atomic E-state index is 8.93. The Labute approximate surface area is 91.9 Å². The van der Waals surface area contributed by atoms with Crippen LogP contribution in [0.4, 0.5) is 0 Å². The fourth-order valence-electron chi connectivity index (χ4n) is 1.45. The zero-order valence-corrected chi connectivity index (χ0v) is 10.0. The van der Waals surface area contributed by atoms with Gasteiger partial charge in [-0.1, -0.05) is 6.07 Å². The summed E-state index contributed by atoms with van der Waals surface area (Å²) < 4.78 is 5.76. The van der Waals surface area contributed by atoms with Crippen LogP contribution in [0.3, 0.4) is 0 Å². The van der Waals surface area contributed by atoms with Crippen LogP contribution in [0.25, 0.3) is 0 Å². The van der Waals surface area contributed by atoms with Gasteiger partial charge in [0.15, 0.2) is 0 Å². The number of aliphatic hydroxyl groups is 1. The molecule has 0 spiro atoms. The smallest absolute Gasteiger partial charge is 0.120 e. The van der Waals surface area contributed by atoms with Crippen LogP contribution in [0, 0.1) is 6.92 Å². The van der Waals surface area contributed by atoms with Gasteiger partial charge in [0, 0.05) is 6.61 Å². The van der Waals surface area contributed by atoms with Crippen LogP contribution in [-0.4, -0.2) is 17.3 Å². The SMILES string of the molecule is Cc1ccc(OC(C)(C)C)cc1CCO. The highest BCUT2D eigenvalue weighted by molar-refractivity contribution is 5.35. The summed E-state index contributed by atoms with van der Waals surface area (Å²) >= 11 is 0. The van der Waals surface area contributed by atoms with Crippen molar-refractivity contribution >= 4 is 0 Å². The third-order valence-corrected chi connectivity index (χ3v) is 2.13. The van der Waals surface area contributed by atoms with E-state index in [1.54, 1.807) is 0 Å². The summed E-state index contributed by atoms with van der Waals surface area (Å²) in [5, 5.41) is 8.93. The number of hydrogen-bond donors (Lipinski definition) is 1. The van der Waals surface area contributed by atoms with Crippen molar-refractivity contribution in [2.75, 3.05) is 6.61 Å². The average Bonchev–Trinajstić information content (AvgIpc) is 2.09. The number of aliphatic hydroxyl groups excluding tert-OH is 1. The molecule has 0 saturated carbocycles. The number of ether oxygens (including phenoxy) is 1. The molecule has 0 heterocycles. The summed E-state index contributed by atoms with van der Waals surface area (Å²) in [5.41, 5.74) is 2.18. The molecule has 84 valence electrons. The highest BCUT2D eigenvalue weighted by atomic mass is 16.5. The van der Waals surface area contributed by atoms with E-state index in [1.165, 1.54) is 5.56 Å². The van der Waals surface area contributed by atoms with Crippen molar-refractivity contribution in [3.63, 3.8) is 0 Å². The fourth-order valence-corrected chi connectivity index (χ4v) is 1.45. The van der Waals surface area contributed by atoms with Gasteiger partial charge in [0.25, 0.3) is 0 Å². The molecular weight excluding hydrogens is 188 g/mol. The molecule has 0 bridgehead atoms. The van der Waals surface area contributed by atoms with Crippen LogP contribution in [0.15, 0.2) is 18.2 Å². The van der Waals surface area contributed by atoms with Gasteiger partial charge in [-0.25, -0.2) is 0 Å². The van der Waals surface area contributed by atoms with Crippen LogP contribution >= 0.6 is 0 Å². The minimum absolute atomic E-state index is 0.175. The van der Waals surface area contributed by atoms with Crippen LogP contribution in [0.1, 0.15) is 31.9 Å². The Kier molecular flexibility index (Phi) is 3.75. The first-order chi connectivity index (χ1) is 6.92. The predicted molar refractivity (Wildman–Crippen MR) is 62.3 cm³/mol. The zero-order chi connectivity index (χ0) is 11.5. The Morgan fingerprint density at radius 2 is 1.93 bits per heavy atom. The van der Waals surface area contributed by atoms with Gasteiger partial charge in [0.1, 0.15) is 11.4 Å². The summed E-state index contributed by atoms with van der Waals surface area (Å²) in [7, 11) is 0. The molecule has 0 aliphatic rings. The van der Waals surface area contributed by atoms with Crippen molar-refractivity contribution in [1.29, 1.82) is 0 Å². The lowest BCUT2D eigenvalue weighted by Crippen LogP contribution is -2.23. The van der Waals surface area contributed by atoms with E-state index in [0.29, 0.717) is 6.42 Å². The second-order valence-corrected chi connectivity index (χ2v) is 4.78. The van der Waals surface area contributed by atoms with Gasteiger partial charge in [-0.3, -0.25) is 0 Å². The molecule has 0 aliphatic carbocycles. The molecule has 0 atom stereocenters. The molecule has 2 heteroatoms. The predicted octanol–water partition coefficient (Wildman–Crippen LogP) is 2.71. The molecule has 2 nitrogen and oxygen atoms in total. The summed E-state index contributed by atoms with van der Waals surface area (Å²) in [6.07, 6.45) is 0.688. The second kappa shape index (κ2) is 4.67. The summed E-state index contributed by atoms with van der Waals surface area (Å²) in [6.45, 7) is 8.31. The van der Waals surface area contributed by atoms with Crippen molar-refractivity contribution in [2.45, 2.75) is 39.7 Å². The van der Waals surface area contributed by atoms with Gasteiger partial charge < -0.3 is 9.84 Å². The minimum atomic E-state index is -0.175. The minimum Gasteiger partial charge on any atom is -0.488 e. The number of rotatable bonds is 3. The molecule has 0 radical (unpaired) electrons. The molecule has 0 aromatic heterocycles. The van der Waals surface area contributed by atoms with E-state index >= 15 is 0 Å². The van der Waals surface area contributed by atoms with Crippen LogP contribution in [0.2, 0.25) is 0 Å². The quantitative estimate of drug-likeness (QED) is 0.827. The van der Waals surface area contributed by atoms with E-state index < -0.39 is 0 Å². The molecule has 0 saturated heterocycles. The van der Waals surface area contributed by atoms with Crippen molar-refractivity contribution in [2.24, 2.45) is 0 Å². The molecular formula is C13H20O2. The first kappa shape index (κ1) is 12.1. The van der Waals surface area contributed by atoms with Crippen LogP contribution in [0.5, 0.6) is 5.75 Å². The first-order valence-electron chi connectivity index (χ1n) is 5.32. The topological polar surface area (TPSA) is 29.5 Å². The van der Waals surface area contributed by atoms with E-state index in [0.717, 1.165) is 11.3 Å². The van der Waals surface area contributed by atoms with Crippen molar-refractivity contribution in [3.05, 3.63) is 29.3 Å². The van der Waals surface area contributed by atoms with Gasteiger partial charge in [-0.2, -0.15) is 0 Å². The number of aryl methyl sites for hydroxylation is 1. The normalized spacial score (nSPS) is 11.5. The molecule has 0 unspecified atom stereocenters. The molecule has 1 N–H and O–H groups in total. The van der Waals surface area contributed by atoms with E-state index in [-0.39, 0.29) is 12.2 Å². The van der Waals surface area contributed by atoms with Crippen LogP contribution < -0.4 is 4.74 Å². The van der Waals surface area contributed by atoms with E-state index in [1.807, 2.05) is 45.9 Å². The van der Waals surface area contributed by atoms with Gasteiger partial charge in [-0.05, 0) is 57.4 Å². The van der Waals surface area contributed by atoms with Crippen molar-refractivity contribution in [3.8, 4) is 5.75 Å². The third kappa shape index (κ3) is 3.92. The van der Waals surface area contributed by atoms with Crippen molar-refractivity contribution in [1.82, 2.24) is 0 Å². The maximum Gasteiger partial charge on any atom is 0.120 e. The van der Waals surface area contributed by atoms with Gasteiger partial charge in [-0.15, -0.1) is 0 Å². The lowest BCUT2D eigenvalue weighted by molar-refractivity contribution is 0.131. The number of benzene rings is 1. The molecule has 0 aliphatic heterocycles. The summed E-state index contributed by atoms with van der Waals surface area (Å²) in [6, 6.07) is 6.02. The molecule has 1 aromatic rings. The number of hydrogen-bond acceptors (Lipinski definition) is 2. The molecule has 1 rings (SSSR count). The van der Waals surface area contributed by atoms with E-state index in [4.69, 9.17) is 9.84 Å². The first-order valence-corrected chi connectivity index (χ1v) is 5.32. The van der Waals surface area contributed by atoms with Gasteiger partial charge in [0.2, 0.25) is 0 Å². The third-order valence-electron chi connectivity index (χ3n) is 2.13. The fraction of sp³-hybridized carbons (Fsp3) is 0.538. The van der Waals surface area contributed by atoms with Crippen molar-refractivity contribution < 1.29 is 9.84 Å². The van der Waals surface area contributed by atoms with Gasteiger partial charge in [0.05, 0.1) is 0 Å². The summed E-state index contributed by atoms with van der Waals surface area (Å²) in [4.78, 5) is 0. The highest BCUT2D eigenvalue weighted by Crippen LogP contribution is 2.21. The monoisotopic (exact) mass is 208 g/mol. The van der Waals surface area contributed by atoms with Gasteiger partial charge >= 0.3 is 0 Å². The van der Waals surface area contributed by atoms with E-state index in [9.17, 15) is 0 Å². The molecule has 1 aromatic carbocycles. The molecule has 0 amide bonds. The lowest BCUT2D eigenvalue weighted by atomic mass is 10.1. The van der Waals surface area contributed by atoms with Crippen LogP contribution in [-0.2, 0) is 6.42 Å². The Morgan fingerprint density at radius 3 is 2.47 bits per heavy atom. The molecule has 0 fully saturated rings. The Bertz CT molecular complexity index is 324. The molecule has 15 heavy (non-hydrogen) atoms. The Balaban J connectivity index is 2.87. The highest BCUT2D eigenvalue weighted by Gasteiger charge is 2.12. The average molecular weight is 208 g/mol. The summed E-state index contributed by atoms with van der Waals surface area (Å²) in [5.74, 6) is 0.872. The second-order valence-electron chi connectivity index (χ2n) is 4.78. The Morgan fingerprint density at radius 1 is 1.27 bits per heavy atom. The zero-order valence-electron chi connectivity index (χ0n) is 10.0. The van der Waals surface area contributed by atoms with E-state index in [2.05, 4.69) is 0 Å². The maximum absolute atomic E-state index is 8.93.